The molecular weight excluding hydrogens is 370 g/mol. The highest BCUT2D eigenvalue weighted by molar-refractivity contribution is 7.91. The Morgan fingerprint density at radius 1 is 1.30 bits per heavy atom. The molecular formula is C19H23NO6S. The maximum absolute atomic E-state index is 12.4. The highest BCUT2D eigenvalue weighted by atomic mass is 32.2. The molecule has 2 aromatic rings. The zero-order chi connectivity index (χ0) is 19.8. The summed E-state index contributed by atoms with van der Waals surface area (Å²) in [6.45, 7) is 3.66. The van der Waals surface area contributed by atoms with E-state index in [1.165, 1.54) is 0 Å². The van der Waals surface area contributed by atoms with Gasteiger partial charge in [-0.15, -0.1) is 0 Å². The third-order valence-corrected chi connectivity index (χ3v) is 6.84. The number of aryl methyl sites for hydroxylation is 2. The molecule has 1 unspecified atom stereocenters. The average Bonchev–Trinajstić information content (AvgIpc) is 2.94. The van der Waals surface area contributed by atoms with E-state index >= 15 is 0 Å². The number of ether oxygens (including phenoxy) is 1. The molecule has 0 bridgehead atoms. The molecule has 1 atom stereocenters. The summed E-state index contributed by atoms with van der Waals surface area (Å²) in [6, 6.07) is 3.32. The number of sulfone groups is 1. The fourth-order valence-corrected chi connectivity index (χ4v) is 5.20. The molecule has 1 saturated heterocycles. The fourth-order valence-electron chi connectivity index (χ4n) is 3.53. The van der Waals surface area contributed by atoms with Gasteiger partial charge < -0.3 is 14.5 Å². The van der Waals surface area contributed by atoms with E-state index in [-0.39, 0.29) is 36.3 Å². The van der Waals surface area contributed by atoms with Crippen molar-refractivity contribution in [2.24, 2.45) is 0 Å². The predicted octanol–water partition coefficient (Wildman–Crippen LogP) is 1.65. The van der Waals surface area contributed by atoms with Crippen LogP contribution in [0.3, 0.4) is 0 Å². The fraction of sp³-hybridized carbons (Fsp3) is 0.474. The lowest BCUT2D eigenvalue weighted by Gasteiger charge is -2.13. The summed E-state index contributed by atoms with van der Waals surface area (Å²) in [5.41, 5.74) is 2.01. The highest BCUT2D eigenvalue weighted by Gasteiger charge is 2.28. The maximum atomic E-state index is 12.4. The van der Waals surface area contributed by atoms with Crippen LogP contribution >= 0.6 is 0 Å². The molecule has 3 rings (SSSR count). The monoisotopic (exact) mass is 393 g/mol. The maximum Gasteiger partial charge on any atom is 0.339 e. The van der Waals surface area contributed by atoms with Crippen molar-refractivity contribution in [3.05, 3.63) is 39.2 Å². The second-order valence-electron chi connectivity index (χ2n) is 6.93. The number of benzene rings is 1. The Bertz CT molecular complexity index is 1050. The smallest absolute Gasteiger partial charge is 0.339 e. The summed E-state index contributed by atoms with van der Waals surface area (Å²) in [6.07, 6.45) is 0.773. The minimum absolute atomic E-state index is 0.0169. The number of carbonyl (C=O) groups is 1. The number of nitrogens with one attached hydrogen (secondary N) is 1. The van der Waals surface area contributed by atoms with Crippen molar-refractivity contribution in [1.29, 1.82) is 0 Å². The molecule has 0 radical (unpaired) electrons. The van der Waals surface area contributed by atoms with Crippen LogP contribution in [0.1, 0.15) is 29.5 Å². The first-order valence-electron chi connectivity index (χ1n) is 8.81. The molecule has 146 valence electrons. The molecule has 1 N–H and O–H groups in total. The molecule has 0 spiro atoms. The van der Waals surface area contributed by atoms with Gasteiger partial charge in [-0.3, -0.25) is 4.79 Å². The first-order valence-corrected chi connectivity index (χ1v) is 10.6. The molecule has 1 aromatic carbocycles. The van der Waals surface area contributed by atoms with E-state index in [0.717, 1.165) is 16.5 Å². The van der Waals surface area contributed by atoms with Crippen LogP contribution in [-0.4, -0.2) is 39.0 Å². The quantitative estimate of drug-likeness (QED) is 0.775. The van der Waals surface area contributed by atoms with Gasteiger partial charge in [0, 0.05) is 29.0 Å². The number of methoxy groups -OCH3 is 1. The zero-order valence-electron chi connectivity index (χ0n) is 15.6. The summed E-state index contributed by atoms with van der Waals surface area (Å²) in [7, 11) is -1.49. The van der Waals surface area contributed by atoms with Gasteiger partial charge in [-0.1, -0.05) is 0 Å². The van der Waals surface area contributed by atoms with E-state index in [9.17, 15) is 18.0 Å². The first-order chi connectivity index (χ1) is 12.7. The van der Waals surface area contributed by atoms with Crippen molar-refractivity contribution in [2.75, 3.05) is 18.6 Å². The van der Waals surface area contributed by atoms with Crippen LogP contribution in [-0.2, 0) is 21.1 Å². The van der Waals surface area contributed by atoms with Crippen molar-refractivity contribution in [2.45, 2.75) is 39.2 Å². The highest BCUT2D eigenvalue weighted by Crippen LogP contribution is 2.29. The molecule has 2 heterocycles. The molecule has 1 aromatic heterocycles. The van der Waals surface area contributed by atoms with Gasteiger partial charge >= 0.3 is 5.63 Å². The summed E-state index contributed by atoms with van der Waals surface area (Å²) in [5.74, 6) is 0.469. The van der Waals surface area contributed by atoms with Crippen LogP contribution in [0.15, 0.2) is 21.3 Å². The van der Waals surface area contributed by atoms with Crippen LogP contribution in [0.25, 0.3) is 11.0 Å². The van der Waals surface area contributed by atoms with E-state index in [4.69, 9.17) is 9.15 Å². The van der Waals surface area contributed by atoms with E-state index in [1.807, 2.05) is 26.0 Å². The van der Waals surface area contributed by atoms with E-state index in [2.05, 4.69) is 5.32 Å². The number of hydrogen-bond donors (Lipinski definition) is 1. The molecule has 27 heavy (non-hydrogen) atoms. The van der Waals surface area contributed by atoms with Crippen LogP contribution in [0.5, 0.6) is 5.75 Å². The minimum atomic E-state index is -3.05. The predicted molar refractivity (Wildman–Crippen MR) is 102 cm³/mol. The van der Waals surface area contributed by atoms with Gasteiger partial charge in [-0.05, 0) is 44.4 Å². The Balaban J connectivity index is 1.77. The molecule has 1 aliphatic rings. The van der Waals surface area contributed by atoms with E-state index < -0.39 is 15.5 Å². The molecule has 0 saturated carbocycles. The van der Waals surface area contributed by atoms with E-state index in [1.54, 1.807) is 7.11 Å². The number of fused-ring (bicyclic) bond motifs is 1. The van der Waals surface area contributed by atoms with Crippen molar-refractivity contribution >= 4 is 26.7 Å². The molecule has 1 aliphatic heterocycles. The number of rotatable bonds is 5. The van der Waals surface area contributed by atoms with Crippen molar-refractivity contribution in [3.8, 4) is 5.75 Å². The van der Waals surface area contributed by atoms with Gasteiger partial charge in [0.05, 0.1) is 18.6 Å². The normalized spacial score (nSPS) is 18.6. The van der Waals surface area contributed by atoms with E-state index in [0.29, 0.717) is 23.3 Å². The second kappa shape index (κ2) is 7.34. The number of carbonyl (C=O) groups excluding carboxylic acids is 1. The van der Waals surface area contributed by atoms with Gasteiger partial charge in [0.2, 0.25) is 5.91 Å². The average molecular weight is 393 g/mol. The lowest BCUT2D eigenvalue weighted by atomic mass is 10.00. The van der Waals surface area contributed by atoms with Crippen molar-refractivity contribution in [3.63, 3.8) is 0 Å². The van der Waals surface area contributed by atoms with Gasteiger partial charge in [-0.25, -0.2) is 13.2 Å². The number of hydrogen-bond acceptors (Lipinski definition) is 6. The van der Waals surface area contributed by atoms with Gasteiger partial charge in [0.1, 0.15) is 11.3 Å². The Morgan fingerprint density at radius 3 is 2.67 bits per heavy atom. The minimum Gasteiger partial charge on any atom is -0.496 e. The molecule has 1 fully saturated rings. The third-order valence-electron chi connectivity index (χ3n) is 5.07. The largest absolute Gasteiger partial charge is 0.496 e. The third kappa shape index (κ3) is 4.00. The molecule has 7 nitrogen and oxygen atoms in total. The first kappa shape index (κ1) is 19.4. The Labute approximate surface area is 157 Å². The summed E-state index contributed by atoms with van der Waals surface area (Å²) in [5, 5.41) is 3.55. The van der Waals surface area contributed by atoms with Gasteiger partial charge in [-0.2, -0.15) is 0 Å². The SMILES string of the molecule is COc1ccc2c(C)c(CCC(=O)NC3CCS(=O)(=O)C3)c(=O)oc2c1C. The van der Waals surface area contributed by atoms with Crippen molar-refractivity contribution < 1.29 is 22.4 Å². The van der Waals surface area contributed by atoms with Crippen LogP contribution < -0.4 is 15.7 Å². The standard InChI is InChI=1S/C19H23NO6S/c1-11-14-4-6-16(25-3)12(2)18(14)26-19(22)15(11)5-7-17(21)20-13-8-9-27(23,24)10-13/h4,6,13H,5,7-10H2,1-3H3,(H,20,21). The number of amides is 1. The summed E-state index contributed by atoms with van der Waals surface area (Å²) >= 11 is 0. The summed E-state index contributed by atoms with van der Waals surface area (Å²) in [4.78, 5) is 24.6. The molecule has 8 heteroatoms. The lowest BCUT2D eigenvalue weighted by molar-refractivity contribution is -0.121. The zero-order valence-corrected chi connectivity index (χ0v) is 16.4. The second-order valence-corrected chi connectivity index (χ2v) is 9.16. The van der Waals surface area contributed by atoms with Crippen molar-refractivity contribution in [1.82, 2.24) is 5.32 Å². The van der Waals surface area contributed by atoms with Crippen LogP contribution in [0.4, 0.5) is 0 Å². The van der Waals surface area contributed by atoms with Gasteiger partial charge in [0.25, 0.3) is 0 Å². The topological polar surface area (TPSA) is 103 Å². The molecule has 1 amide bonds. The molecule has 0 aliphatic carbocycles. The van der Waals surface area contributed by atoms with Crippen LogP contribution in [0, 0.1) is 13.8 Å². The van der Waals surface area contributed by atoms with Gasteiger partial charge in [0.15, 0.2) is 9.84 Å². The lowest BCUT2D eigenvalue weighted by Crippen LogP contribution is -2.35. The Kier molecular flexibility index (Phi) is 5.28. The Morgan fingerprint density at radius 2 is 2.04 bits per heavy atom. The summed E-state index contributed by atoms with van der Waals surface area (Å²) < 4.78 is 33.7. The van der Waals surface area contributed by atoms with Crippen LogP contribution in [0.2, 0.25) is 0 Å². The Hall–Kier alpha value is -2.35.